The van der Waals surface area contributed by atoms with Gasteiger partial charge in [-0.1, -0.05) is 17.7 Å². The number of hydrogen-bond acceptors (Lipinski definition) is 3. The zero-order chi connectivity index (χ0) is 10.1. The predicted molar refractivity (Wildman–Crippen MR) is 53.9 cm³/mol. The first kappa shape index (κ1) is 9.02. The first-order valence-corrected chi connectivity index (χ1v) is 4.32. The van der Waals surface area contributed by atoms with Gasteiger partial charge in [-0.25, -0.2) is 4.79 Å². The highest BCUT2D eigenvalue weighted by molar-refractivity contribution is 6.34. The Kier molecular flexibility index (Phi) is 2.13. The molecule has 0 spiro atoms. The summed E-state index contributed by atoms with van der Waals surface area (Å²) in [6, 6.07) is 5.22. The van der Waals surface area contributed by atoms with Crippen molar-refractivity contribution in [2.45, 2.75) is 0 Å². The van der Waals surface area contributed by atoms with Gasteiger partial charge in [-0.15, -0.1) is 0 Å². The van der Waals surface area contributed by atoms with Crippen molar-refractivity contribution in [1.29, 1.82) is 0 Å². The minimum atomic E-state index is -0.462. The molecule has 0 radical (unpaired) electrons. The number of H-pyrrole nitrogens is 1. The second-order valence-electron chi connectivity index (χ2n) is 2.71. The van der Waals surface area contributed by atoms with Crippen LogP contribution in [0.25, 0.3) is 10.9 Å². The van der Waals surface area contributed by atoms with Crippen molar-refractivity contribution in [1.82, 2.24) is 9.97 Å². The van der Waals surface area contributed by atoms with Crippen LogP contribution >= 0.6 is 11.6 Å². The van der Waals surface area contributed by atoms with Gasteiger partial charge in [-0.05, 0) is 12.1 Å². The molecule has 1 aromatic carbocycles. The molecular weight excluding hydrogens is 204 g/mol. The van der Waals surface area contributed by atoms with Crippen LogP contribution in [0.2, 0.25) is 5.15 Å². The van der Waals surface area contributed by atoms with Gasteiger partial charge in [0, 0.05) is 0 Å². The molecule has 0 bridgehead atoms. The lowest BCUT2D eigenvalue weighted by atomic mass is 10.2. The Morgan fingerprint density at radius 2 is 2.29 bits per heavy atom. The van der Waals surface area contributed by atoms with Crippen molar-refractivity contribution >= 4 is 22.5 Å². The van der Waals surface area contributed by atoms with Gasteiger partial charge in [-0.2, -0.15) is 4.98 Å². The molecule has 2 rings (SSSR count). The van der Waals surface area contributed by atoms with Crippen LogP contribution in [-0.2, 0) is 0 Å². The van der Waals surface area contributed by atoms with E-state index in [1.807, 2.05) is 0 Å². The molecule has 0 saturated carbocycles. The number of benzene rings is 1. The fourth-order valence-corrected chi connectivity index (χ4v) is 1.57. The lowest BCUT2D eigenvalue weighted by molar-refractivity contribution is 0.419. The maximum atomic E-state index is 11.0. The maximum absolute atomic E-state index is 11.0. The second kappa shape index (κ2) is 3.31. The average Bonchev–Trinajstić information content (AvgIpc) is 2.16. The van der Waals surface area contributed by atoms with Gasteiger partial charge < -0.3 is 4.74 Å². The van der Waals surface area contributed by atoms with Crippen LogP contribution in [0, 0.1) is 0 Å². The SMILES string of the molecule is COc1cccc2nc(=O)[nH]c(Cl)c12. The van der Waals surface area contributed by atoms with E-state index in [1.54, 1.807) is 18.2 Å². The largest absolute Gasteiger partial charge is 0.496 e. The molecule has 0 unspecified atom stereocenters. The fraction of sp³-hybridized carbons (Fsp3) is 0.111. The first-order valence-electron chi connectivity index (χ1n) is 3.95. The van der Waals surface area contributed by atoms with Gasteiger partial charge in [0.1, 0.15) is 10.9 Å². The first-order chi connectivity index (χ1) is 6.72. The van der Waals surface area contributed by atoms with E-state index in [0.29, 0.717) is 16.7 Å². The number of aromatic amines is 1. The van der Waals surface area contributed by atoms with E-state index in [9.17, 15) is 4.79 Å². The minimum Gasteiger partial charge on any atom is -0.496 e. The number of rotatable bonds is 1. The third kappa shape index (κ3) is 1.33. The molecule has 1 heterocycles. The molecule has 4 nitrogen and oxygen atoms in total. The van der Waals surface area contributed by atoms with Crippen LogP contribution in [0.3, 0.4) is 0 Å². The third-order valence-corrected chi connectivity index (χ3v) is 2.17. The maximum Gasteiger partial charge on any atom is 0.346 e. The van der Waals surface area contributed by atoms with E-state index in [0.717, 1.165) is 0 Å². The van der Waals surface area contributed by atoms with Gasteiger partial charge in [0.05, 0.1) is 18.0 Å². The Hall–Kier alpha value is -1.55. The highest BCUT2D eigenvalue weighted by atomic mass is 35.5. The van der Waals surface area contributed by atoms with Gasteiger partial charge in [0.25, 0.3) is 0 Å². The molecule has 5 heteroatoms. The van der Waals surface area contributed by atoms with Crippen molar-refractivity contribution in [3.63, 3.8) is 0 Å². The summed E-state index contributed by atoms with van der Waals surface area (Å²) < 4.78 is 5.10. The molecule has 0 fully saturated rings. The van der Waals surface area contributed by atoms with E-state index < -0.39 is 5.69 Å². The van der Waals surface area contributed by atoms with E-state index in [2.05, 4.69) is 9.97 Å². The monoisotopic (exact) mass is 210 g/mol. The molecule has 14 heavy (non-hydrogen) atoms. The van der Waals surface area contributed by atoms with Crippen LogP contribution in [0.15, 0.2) is 23.0 Å². The zero-order valence-corrected chi connectivity index (χ0v) is 8.13. The van der Waals surface area contributed by atoms with Gasteiger partial charge in [0.2, 0.25) is 0 Å². The average molecular weight is 211 g/mol. The van der Waals surface area contributed by atoms with Gasteiger partial charge in [0.15, 0.2) is 0 Å². The van der Waals surface area contributed by atoms with Crippen molar-refractivity contribution < 1.29 is 4.74 Å². The molecule has 72 valence electrons. The molecular formula is C9H7ClN2O2. The molecule has 0 saturated heterocycles. The summed E-state index contributed by atoms with van der Waals surface area (Å²) in [6.45, 7) is 0. The van der Waals surface area contributed by atoms with Crippen molar-refractivity contribution in [3.05, 3.63) is 33.8 Å². The normalized spacial score (nSPS) is 10.4. The Labute approximate surface area is 84.5 Å². The Morgan fingerprint density at radius 1 is 1.50 bits per heavy atom. The predicted octanol–water partition coefficient (Wildman–Crippen LogP) is 1.59. The minimum absolute atomic E-state index is 0.248. The Morgan fingerprint density at radius 3 is 3.00 bits per heavy atom. The number of nitrogens with zero attached hydrogens (tertiary/aromatic N) is 1. The summed E-state index contributed by atoms with van der Waals surface area (Å²) >= 11 is 5.87. The molecule has 1 N–H and O–H groups in total. The molecule has 2 aromatic rings. The number of halogens is 1. The lowest BCUT2D eigenvalue weighted by Crippen LogP contribution is -2.10. The topological polar surface area (TPSA) is 55.0 Å². The van der Waals surface area contributed by atoms with Crippen LogP contribution in [-0.4, -0.2) is 17.1 Å². The Bertz CT molecular complexity index is 536. The summed E-state index contributed by atoms with van der Waals surface area (Å²) in [5.41, 5.74) is 0.0638. The van der Waals surface area contributed by atoms with E-state index in [4.69, 9.17) is 16.3 Å². The smallest absolute Gasteiger partial charge is 0.346 e. The number of aromatic nitrogens is 2. The van der Waals surface area contributed by atoms with Gasteiger partial charge in [-0.3, -0.25) is 4.98 Å². The number of hydrogen-bond donors (Lipinski definition) is 1. The fourth-order valence-electron chi connectivity index (χ4n) is 1.30. The van der Waals surface area contributed by atoms with Crippen molar-refractivity contribution in [2.24, 2.45) is 0 Å². The molecule has 1 aromatic heterocycles. The molecule has 0 aliphatic carbocycles. The number of fused-ring (bicyclic) bond motifs is 1. The zero-order valence-electron chi connectivity index (χ0n) is 7.37. The van der Waals surface area contributed by atoms with E-state index in [-0.39, 0.29) is 5.15 Å². The quantitative estimate of drug-likeness (QED) is 0.728. The van der Waals surface area contributed by atoms with Crippen LogP contribution in [0.1, 0.15) is 0 Å². The highest BCUT2D eigenvalue weighted by Crippen LogP contribution is 2.27. The summed E-state index contributed by atoms with van der Waals surface area (Å²) in [7, 11) is 1.54. The van der Waals surface area contributed by atoms with E-state index in [1.165, 1.54) is 7.11 Å². The molecule has 0 atom stereocenters. The number of nitrogens with one attached hydrogen (secondary N) is 1. The summed E-state index contributed by atoms with van der Waals surface area (Å²) in [5, 5.41) is 0.869. The molecule has 0 aliphatic rings. The summed E-state index contributed by atoms with van der Waals surface area (Å²) in [4.78, 5) is 17.2. The third-order valence-electron chi connectivity index (χ3n) is 1.88. The number of methoxy groups -OCH3 is 1. The van der Waals surface area contributed by atoms with Crippen LogP contribution in [0.4, 0.5) is 0 Å². The lowest BCUT2D eigenvalue weighted by Gasteiger charge is -2.04. The second-order valence-corrected chi connectivity index (χ2v) is 3.09. The number of ether oxygens (including phenoxy) is 1. The van der Waals surface area contributed by atoms with Gasteiger partial charge >= 0.3 is 5.69 Å². The molecule has 0 amide bonds. The van der Waals surface area contributed by atoms with Crippen LogP contribution < -0.4 is 10.4 Å². The van der Waals surface area contributed by atoms with Crippen molar-refractivity contribution in [2.75, 3.05) is 7.11 Å². The summed E-state index contributed by atoms with van der Waals surface area (Å²) in [6.07, 6.45) is 0. The summed E-state index contributed by atoms with van der Waals surface area (Å²) in [5.74, 6) is 0.594. The Balaban J connectivity index is 2.94. The van der Waals surface area contributed by atoms with E-state index >= 15 is 0 Å². The standard InChI is InChI=1S/C9H7ClN2O2/c1-14-6-4-2-3-5-7(6)8(10)12-9(13)11-5/h2-4H,1H3,(H,11,12,13). The van der Waals surface area contributed by atoms with Crippen LogP contribution in [0.5, 0.6) is 5.75 Å². The van der Waals surface area contributed by atoms with Crippen molar-refractivity contribution in [3.8, 4) is 5.75 Å². The molecule has 0 aliphatic heterocycles. The highest BCUT2D eigenvalue weighted by Gasteiger charge is 2.07.